The van der Waals surface area contributed by atoms with Crippen LogP contribution in [0.1, 0.15) is 68.2 Å². The SMILES string of the molecule is CC(C)N1CCCN(C(C)C)P12=NP(Cl)(Cl)=NP1(=NP(Cl)(Cl)=N2)N(C(C)C)CCCN1C(C)C. The van der Waals surface area contributed by atoms with Gasteiger partial charge in [-0.25, -0.2) is 18.7 Å². The van der Waals surface area contributed by atoms with Gasteiger partial charge >= 0.3 is 0 Å². The Morgan fingerprint density at radius 3 is 0.912 bits per heavy atom. The van der Waals surface area contributed by atoms with Gasteiger partial charge in [0, 0.05) is 50.3 Å². The van der Waals surface area contributed by atoms with E-state index >= 15 is 0 Å². The summed E-state index contributed by atoms with van der Waals surface area (Å²) in [6.45, 7) is 20.5. The van der Waals surface area contributed by atoms with Gasteiger partial charge in [0.1, 0.15) is 0 Å². The molecule has 0 unspecified atom stereocenters. The molecule has 34 heavy (non-hydrogen) atoms. The number of halogens is 4. The Balaban J connectivity index is 2.45. The van der Waals surface area contributed by atoms with Crippen LogP contribution in [0, 0.1) is 0 Å². The molecule has 16 heteroatoms. The summed E-state index contributed by atoms with van der Waals surface area (Å²) in [7, 11) is -5.61. The first-order valence-electron chi connectivity index (χ1n) is 12.0. The van der Waals surface area contributed by atoms with Crippen LogP contribution in [0.25, 0.3) is 0 Å². The molecule has 0 aromatic heterocycles. The molecule has 2 fully saturated rings. The van der Waals surface area contributed by atoms with Crippen molar-refractivity contribution in [2.24, 2.45) is 18.1 Å². The van der Waals surface area contributed by atoms with Crippen LogP contribution in [0.5, 0.6) is 0 Å². The molecular weight excluding hydrogens is 594 g/mol. The van der Waals surface area contributed by atoms with Gasteiger partial charge < -0.3 is 0 Å². The van der Waals surface area contributed by atoms with Crippen molar-refractivity contribution in [1.82, 2.24) is 18.7 Å². The van der Waals surface area contributed by atoms with Crippen LogP contribution >= 0.6 is 71.8 Å². The highest BCUT2D eigenvalue weighted by Crippen LogP contribution is 2.87. The first kappa shape index (κ1) is 30.5. The lowest BCUT2D eigenvalue weighted by Crippen LogP contribution is -2.45. The van der Waals surface area contributed by atoms with E-state index in [-0.39, 0.29) is 24.2 Å². The molecule has 0 aliphatic carbocycles. The number of rotatable bonds is 4. The lowest BCUT2D eigenvalue weighted by molar-refractivity contribution is 0.253. The van der Waals surface area contributed by atoms with E-state index in [0.717, 1.165) is 39.0 Å². The third-order valence-electron chi connectivity index (χ3n) is 6.22. The molecule has 2 spiro atoms. The number of hydrogen-bond donors (Lipinski definition) is 0. The summed E-state index contributed by atoms with van der Waals surface area (Å²) in [4.78, 5) is 0. The predicted molar refractivity (Wildman–Crippen MR) is 157 cm³/mol. The zero-order chi connectivity index (χ0) is 25.7. The Kier molecular flexibility index (Phi) is 10.0. The Bertz CT molecular complexity index is 868. The van der Waals surface area contributed by atoms with Crippen molar-refractivity contribution >= 4 is 71.8 Å². The standard InChI is InChI=1S/C18H40Cl4N8P4/c1-15(2)27-11-9-12-28(16(3)4)33(27)23-31(19,20)25-34(26-32(21,22)24-33)29(17(5)6)13-10-14-30(34)18(7)8/h15-18H,9-14H2,1-8H3. The molecule has 0 saturated carbocycles. The predicted octanol–water partition coefficient (Wildman–Crippen LogP) is 10.4. The maximum Gasteiger partial charge on any atom is 0.257 e. The van der Waals surface area contributed by atoms with Gasteiger partial charge in [-0.1, -0.05) is 0 Å². The van der Waals surface area contributed by atoms with Crippen molar-refractivity contribution in [1.29, 1.82) is 0 Å². The summed E-state index contributed by atoms with van der Waals surface area (Å²) in [5.74, 6) is -6.40. The van der Waals surface area contributed by atoms with Gasteiger partial charge in [-0.05, 0) is 113 Å². The third-order valence-corrected chi connectivity index (χ3v) is 23.8. The first-order chi connectivity index (χ1) is 15.6. The van der Waals surface area contributed by atoms with Gasteiger partial charge in [0.15, 0.2) is 0 Å². The fraction of sp³-hybridized carbons (Fsp3) is 1.00. The minimum absolute atomic E-state index is 0.168. The molecule has 0 aromatic carbocycles. The largest absolute Gasteiger partial charge is 0.257 e. The minimum atomic E-state index is -3.20. The molecule has 2 saturated heterocycles. The van der Waals surface area contributed by atoms with Crippen molar-refractivity contribution in [3.63, 3.8) is 0 Å². The second-order valence-corrected chi connectivity index (χ2v) is 25.7. The van der Waals surface area contributed by atoms with E-state index in [1.165, 1.54) is 0 Å². The van der Waals surface area contributed by atoms with E-state index in [4.69, 9.17) is 63.0 Å². The van der Waals surface area contributed by atoms with Crippen LogP contribution in [0.4, 0.5) is 0 Å². The van der Waals surface area contributed by atoms with Gasteiger partial charge in [-0.15, -0.1) is 0 Å². The summed E-state index contributed by atoms with van der Waals surface area (Å²) >= 11 is 28.7. The van der Waals surface area contributed by atoms with Crippen LogP contribution in [-0.2, 0) is 0 Å². The van der Waals surface area contributed by atoms with Crippen molar-refractivity contribution < 1.29 is 0 Å². The fourth-order valence-corrected chi connectivity index (χ4v) is 26.0. The molecule has 8 nitrogen and oxygen atoms in total. The average molecular weight is 634 g/mol. The molecule has 0 bridgehead atoms. The van der Waals surface area contributed by atoms with Gasteiger partial charge in [0.25, 0.3) is 11.8 Å². The second-order valence-electron chi connectivity index (χ2n) is 10.1. The van der Waals surface area contributed by atoms with Crippen molar-refractivity contribution in [2.45, 2.75) is 92.4 Å². The normalized spacial score (nSPS) is 28.0. The van der Waals surface area contributed by atoms with Crippen molar-refractivity contribution in [2.75, 3.05) is 26.2 Å². The van der Waals surface area contributed by atoms with E-state index in [2.05, 4.69) is 74.1 Å². The average Bonchev–Trinajstić information content (AvgIpc) is 2.64. The third kappa shape index (κ3) is 6.05. The summed E-state index contributed by atoms with van der Waals surface area (Å²) in [6.07, 6.45) is 2.01. The summed E-state index contributed by atoms with van der Waals surface area (Å²) in [5.41, 5.74) is 0. The lowest BCUT2D eigenvalue weighted by atomic mass is 10.3. The summed E-state index contributed by atoms with van der Waals surface area (Å²) in [5, 5.41) is 0. The Hall–Kier alpha value is 1.92. The van der Waals surface area contributed by atoms with Crippen LogP contribution in [0.3, 0.4) is 0 Å². The number of nitrogens with zero attached hydrogens (tertiary/aromatic N) is 8. The molecular formula is C18H40Cl4N8P4. The highest BCUT2D eigenvalue weighted by atomic mass is 35.9. The van der Waals surface area contributed by atoms with E-state index < -0.39 is 26.8 Å². The summed E-state index contributed by atoms with van der Waals surface area (Å²) in [6, 6.07) is 0.671. The second kappa shape index (κ2) is 11.2. The zero-order valence-corrected chi connectivity index (χ0v) is 28.0. The maximum absolute atomic E-state index is 7.17. The molecule has 0 aromatic rings. The Morgan fingerprint density at radius 1 is 0.471 bits per heavy atom. The topological polar surface area (TPSA) is 62.4 Å². The number of hydrogen-bond acceptors (Lipinski definition) is 8. The van der Waals surface area contributed by atoms with Crippen LogP contribution in [0.2, 0.25) is 0 Å². The van der Waals surface area contributed by atoms with Gasteiger partial charge in [0.05, 0.1) is 0 Å². The molecule has 0 radical (unpaired) electrons. The smallest absolute Gasteiger partial charge is 0.237 e. The fourth-order valence-electron chi connectivity index (χ4n) is 4.95. The van der Waals surface area contributed by atoms with E-state index in [1.807, 2.05) is 0 Å². The van der Waals surface area contributed by atoms with Crippen molar-refractivity contribution in [3.05, 3.63) is 0 Å². The molecule has 0 amide bonds. The highest BCUT2D eigenvalue weighted by Gasteiger charge is 2.49. The quantitative estimate of drug-likeness (QED) is 0.289. The van der Waals surface area contributed by atoms with Crippen LogP contribution in [0.15, 0.2) is 18.1 Å². The van der Waals surface area contributed by atoms with Gasteiger partial charge in [0.2, 0.25) is 15.0 Å². The molecule has 3 aliphatic rings. The molecule has 0 N–H and O–H groups in total. The molecule has 200 valence electrons. The van der Waals surface area contributed by atoms with Crippen LogP contribution < -0.4 is 0 Å². The highest BCUT2D eigenvalue weighted by molar-refractivity contribution is 8.16. The Labute approximate surface area is 226 Å². The van der Waals surface area contributed by atoms with E-state index in [9.17, 15) is 0 Å². The summed E-state index contributed by atoms with van der Waals surface area (Å²) < 4.78 is 30.2. The molecule has 3 rings (SSSR count). The van der Waals surface area contributed by atoms with Crippen LogP contribution in [-0.4, -0.2) is 69.0 Å². The minimum Gasteiger partial charge on any atom is -0.237 e. The first-order valence-corrected chi connectivity index (χ1v) is 22.2. The lowest BCUT2D eigenvalue weighted by Gasteiger charge is -2.51. The zero-order valence-electron chi connectivity index (χ0n) is 21.4. The molecule has 3 aliphatic heterocycles. The monoisotopic (exact) mass is 632 g/mol. The van der Waals surface area contributed by atoms with Gasteiger partial charge in [-0.3, -0.25) is 0 Å². The van der Waals surface area contributed by atoms with Crippen molar-refractivity contribution in [3.8, 4) is 0 Å². The Morgan fingerprint density at radius 2 is 0.706 bits per heavy atom. The molecule has 3 heterocycles. The van der Waals surface area contributed by atoms with E-state index in [0.29, 0.717) is 0 Å². The van der Waals surface area contributed by atoms with Gasteiger partial charge in [-0.2, -0.15) is 18.1 Å². The molecule has 0 atom stereocenters. The van der Waals surface area contributed by atoms with E-state index in [1.54, 1.807) is 0 Å². The maximum atomic E-state index is 7.17.